The van der Waals surface area contributed by atoms with Gasteiger partial charge in [0.05, 0.1) is 0 Å². The van der Waals surface area contributed by atoms with E-state index in [4.69, 9.17) is 9.84 Å². The number of rotatable bonds is 8. The van der Waals surface area contributed by atoms with Crippen molar-refractivity contribution in [2.45, 2.75) is 39.2 Å². The van der Waals surface area contributed by atoms with Crippen molar-refractivity contribution >= 4 is 11.9 Å². The van der Waals surface area contributed by atoms with Gasteiger partial charge in [-0.1, -0.05) is 25.8 Å². The molecule has 1 rings (SSSR count). The molecule has 0 aliphatic rings. The van der Waals surface area contributed by atoms with E-state index in [1.165, 1.54) is 12.1 Å². The summed E-state index contributed by atoms with van der Waals surface area (Å²) in [7, 11) is 0. The van der Waals surface area contributed by atoms with Gasteiger partial charge in [-0.05, 0) is 31.0 Å². The topological polar surface area (TPSA) is 75.6 Å². The minimum absolute atomic E-state index is 0.0226. The van der Waals surface area contributed by atoms with Crippen LogP contribution < -0.4 is 10.1 Å². The number of carbonyl (C=O) groups excluding carboxylic acids is 1. The van der Waals surface area contributed by atoms with E-state index in [9.17, 15) is 14.0 Å². The Morgan fingerprint density at radius 2 is 2.14 bits per heavy atom. The lowest BCUT2D eigenvalue weighted by Crippen LogP contribution is -2.42. The van der Waals surface area contributed by atoms with Crippen LogP contribution in [0.25, 0.3) is 0 Å². The Hall–Kier alpha value is -2.11. The zero-order chi connectivity index (χ0) is 15.8. The van der Waals surface area contributed by atoms with E-state index < -0.39 is 30.3 Å². The summed E-state index contributed by atoms with van der Waals surface area (Å²) < 4.78 is 18.5. The molecule has 0 bridgehead atoms. The van der Waals surface area contributed by atoms with Gasteiger partial charge in [0.15, 0.2) is 18.2 Å². The SMILES string of the molecule is CCCCC(NC(=O)COc1cc(C)ccc1F)C(=O)O. The van der Waals surface area contributed by atoms with Gasteiger partial charge in [0, 0.05) is 0 Å². The molecule has 0 aliphatic carbocycles. The molecule has 0 aliphatic heterocycles. The predicted molar refractivity (Wildman–Crippen MR) is 75.7 cm³/mol. The fourth-order valence-electron chi connectivity index (χ4n) is 1.77. The van der Waals surface area contributed by atoms with Crippen molar-refractivity contribution in [2.24, 2.45) is 0 Å². The third-order valence-electron chi connectivity index (χ3n) is 2.93. The summed E-state index contributed by atoms with van der Waals surface area (Å²) >= 11 is 0. The lowest BCUT2D eigenvalue weighted by molar-refractivity contribution is -0.142. The van der Waals surface area contributed by atoms with Crippen LogP contribution in [0.4, 0.5) is 4.39 Å². The van der Waals surface area contributed by atoms with Crippen LogP contribution in [0.1, 0.15) is 31.7 Å². The van der Waals surface area contributed by atoms with Gasteiger partial charge < -0.3 is 15.2 Å². The number of amides is 1. The molecule has 1 amide bonds. The minimum atomic E-state index is -1.08. The lowest BCUT2D eigenvalue weighted by atomic mass is 10.1. The third kappa shape index (κ3) is 5.81. The maximum atomic E-state index is 13.4. The highest BCUT2D eigenvalue weighted by atomic mass is 19.1. The minimum Gasteiger partial charge on any atom is -0.481 e. The van der Waals surface area contributed by atoms with Gasteiger partial charge in [-0.25, -0.2) is 9.18 Å². The molecule has 0 fully saturated rings. The molecule has 0 spiro atoms. The number of nitrogens with one attached hydrogen (secondary N) is 1. The first-order valence-electron chi connectivity index (χ1n) is 6.85. The maximum absolute atomic E-state index is 13.4. The molecule has 0 saturated carbocycles. The van der Waals surface area contributed by atoms with E-state index in [-0.39, 0.29) is 5.75 Å². The fraction of sp³-hybridized carbons (Fsp3) is 0.467. The molecule has 2 N–H and O–H groups in total. The van der Waals surface area contributed by atoms with Crippen LogP contribution in [0.2, 0.25) is 0 Å². The number of ether oxygens (including phenoxy) is 1. The molecule has 6 heteroatoms. The van der Waals surface area contributed by atoms with Crippen molar-refractivity contribution in [3.63, 3.8) is 0 Å². The Balaban J connectivity index is 2.52. The Bertz CT molecular complexity index is 504. The predicted octanol–water partition coefficient (Wildman–Crippen LogP) is 2.27. The number of halogens is 1. The van der Waals surface area contributed by atoms with E-state index in [0.717, 1.165) is 12.0 Å². The molecule has 1 unspecified atom stereocenters. The van der Waals surface area contributed by atoms with E-state index in [2.05, 4.69) is 5.32 Å². The monoisotopic (exact) mass is 297 g/mol. The number of carboxylic acid groups (broad SMARTS) is 1. The second-order valence-corrected chi connectivity index (χ2v) is 4.82. The number of hydrogen-bond acceptors (Lipinski definition) is 3. The summed E-state index contributed by atoms with van der Waals surface area (Å²) in [6.07, 6.45) is 1.89. The molecule has 21 heavy (non-hydrogen) atoms. The second kappa shape index (κ2) is 8.24. The van der Waals surface area contributed by atoms with Crippen LogP contribution in [0.5, 0.6) is 5.75 Å². The largest absolute Gasteiger partial charge is 0.481 e. The number of carboxylic acids is 1. The van der Waals surface area contributed by atoms with E-state index >= 15 is 0 Å². The fourth-order valence-corrected chi connectivity index (χ4v) is 1.77. The van der Waals surface area contributed by atoms with E-state index in [1.807, 2.05) is 6.92 Å². The van der Waals surface area contributed by atoms with Crippen LogP contribution in [0, 0.1) is 12.7 Å². The highest BCUT2D eigenvalue weighted by Gasteiger charge is 2.19. The van der Waals surface area contributed by atoms with E-state index in [0.29, 0.717) is 12.8 Å². The lowest BCUT2D eigenvalue weighted by Gasteiger charge is -2.14. The number of benzene rings is 1. The smallest absolute Gasteiger partial charge is 0.326 e. The summed E-state index contributed by atoms with van der Waals surface area (Å²) in [4.78, 5) is 22.7. The normalized spacial score (nSPS) is 11.8. The number of unbranched alkanes of at least 4 members (excludes halogenated alkanes) is 1. The van der Waals surface area contributed by atoms with Gasteiger partial charge in [0.25, 0.3) is 5.91 Å². The summed E-state index contributed by atoms with van der Waals surface area (Å²) in [6.45, 7) is 3.29. The molecule has 1 atom stereocenters. The first kappa shape index (κ1) is 16.9. The highest BCUT2D eigenvalue weighted by Crippen LogP contribution is 2.18. The number of aryl methyl sites for hydroxylation is 1. The van der Waals surface area contributed by atoms with Crippen molar-refractivity contribution in [1.29, 1.82) is 0 Å². The summed E-state index contributed by atoms with van der Waals surface area (Å²) in [6, 6.07) is 3.38. The van der Waals surface area contributed by atoms with Crippen LogP contribution >= 0.6 is 0 Å². The quantitative estimate of drug-likeness (QED) is 0.772. The van der Waals surface area contributed by atoms with Crippen LogP contribution in [-0.2, 0) is 9.59 Å². The molecule has 0 aromatic heterocycles. The van der Waals surface area contributed by atoms with Crippen molar-refractivity contribution in [3.05, 3.63) is 29.6 Å². The summed E-state index contributed by atoms with van der Waals surface area (Å²) in [5.41, 5.74) is 0.804. The Kier molecular flexibility index (Phi) is 6.65. The third-order valence-corrected chi connectivity index (χ3v) is 2.93. The number of aliphatic carboxylic acids is 1. The Morgan fingerprint density at radius 3 is 2.76 bits per heavy atom. The van der Waals surface area contributed by atoms with Crippen LogP contribution in [0.15, 0.2) is 18.2 Å². The molecule has 1 aromatic carbocycles. The summed E-state index contributed by atoms with van der Waals surface area (Å²) in [5.74, 6) is -2.25. The van der Waals surface area contributed by atoms with Gasteiger partial charge in [0.2, 0.25) is 0 Å². The standard InChI is InChI=1S/C15H20FNO4/c1-3-4-5-12(15(19)20)17-14(18)9-21-13-8-10(2)6-7-11(13)16/h6-8,12H,3-5,9H2,1-2H3,(H,17,18)(H,19,20). The average molecular weight is 297 g/mol. The van der Waals surface area contributed by atoms with Gasteiger partial charge in [-0.2, -0.15) is 0 Å². The molecule has 1 aromatic rings. The Morgan fingerprint density at radius 1 is 1.43 bits per heavy atom. The van der Waals surface area contributed by atoms with Crippen molar-refractivity contribution < 1.29 is 23.8 Å². The zero-order valence-corrected chi connectivity index (χ0v) is 12.2. The zero-order valence-electron chi connectivity index (χ0n) is 12.2. The van der Waals surface area contributed by atoms with Crippen molar-refractivity contribution in [3.8, 4) is 5.75 Å². The Labute approximate surface area is 123 Å². The molecule has 0 saturated heterocycles. The molecule has 0 heterocycles. The van der Waals surface area contributed by atoms with Gasteiger partial charge in [0.1, 0.15) is 6.04 Å². The van der Waals surface area contributed by atoms with Gasteiger partial charge in [-0.3, -0.25) is 4.79 Å². The number of carbonyl (C=O) groups is 2. The van der Waals surface area contributed by atoms with Crippen molar-refractivity contribution in [1.82, 2.24) is 5.32 Å². The molecular weight excluding hydrogens is 277 g/mol. The first-order chi connectivity index (χ1) is 9.93. The van der Waals surface area contributed by atoms with Gasteiger partial charge >= 0.3 is 5.97 Å². The van der Waals surface area contributed by atoms with Crippen LogP contribution in [-0.4, -0.2) is 29.6 Å². The van der Waals surface area contributed by atoms with Crippen molar-refractivity contribution in [2.75, 3.05) is 6.61 Å². The maximum Gasteiger partial charge on any atom is 0.326 e. The molecule has 0 radical (unpaired) electrons. The highest BCUT2D eigenvalue weighted by molar-refractivity contribution is 5.84. The first-order valence-corrected chi connectivity index (χ1v) is 6.85. The number of hydrogen-bond donors (Lipinski definition) is 2. The summed E-state index contributed by atoms with van der Waals surface area (Å²) in [5, 5.41) is 11.4. The average Bonchev–Trinajstić information content (AvgIpc) is 2.44. The van der Waals surface area contributed by atoms with Crippen LogP contribution in [0.3, 0.4) is 0 Å². The molecule has 116 valence electrons. The molecule has 5 nitrogen and oxygen atoms in total. The van der Waals surface area contributed by atoms with E-state index in [1.54, 1.807) is 13.0 Å². The second-order valence-electron chi connectivity index (χ2n) is 4.82. The molecular formula is C15H20FNO4. The van der Waals surface area contributed by atoms with Gasteiger partial charge in [-0.15, -0.1) is 0 Å².